The summed E-state index contributed by atoms with van der Waals surface area (Å²) < 4.78 is 5.20. The maximum absolute atomic E-state index is 11.4. The summed E-state index contributed by atoms with van der Waals surface area (Å²) in [4.78, 5) is 13.8. The van der Waals surface area contributed by atoms with Crippen LogP contribution in [0.4, 0.5) is 5.69 Å². The molecule has 0 saturated carbocycles. The zero-order chi connectivity index (χ0) is 17.7. The Kier molecular flexibility index (Phi) is 6.90. The number of likely N-dealkylation sites (tertiary alicyclic amines) is 1. The van der Waals surface area contributed by atoms with Crippen molar-refractivity contribution in [1.29, 1.82) is 0 Å². The van der Waals surface area contributed by atoms with Crippen LogP contribution in [0, 0.1) is 6.92 Å². The minimum atomic E-state index is -0.945. The zero-order valence-electron chi connectivity index (χ0n) is 14.6. The number of aromatic carboxylic acids is 1. The van der Waals surface area contributed by atoms with Crippen LogP contribution in [0.5, 0.6) is 0 Å². The Morgan fingerprint density at radius 2 is 2.25 bits per heavy atom. The molecule has 1 aromatic carbocycles. The number of carboxylic acids is 1. The number of carbonyl (C=O) groups is 1. The lowest BCUT2D eigenvalue weighted by molar-refractivity contribution is 0.0696. The van der Waals surface area contributed by atoms with Crippen molar-refractivity contribution >= 4 is 23.3 Å². The van der Waals surface area contributed by atoms with Gasteiger partial charge >= 0.3 is 5.97 Å². The van der Waals surface area contributed by atoms with Gasteiger partial charge in [0.1, 0.15) is 0 Å². The molecule has 2 rings (SSSR count). The summed E-state index contributed by atoms with van der Waals surface area (Å²) in [6.07, 6.45) is 3.15. The molecular formula is C18H27ClN2O3. The minimum Gasteiger partial charge on any atom is -0.478 e. The van der Waals surface area contributed by atoms with Gasteiger partial charge in [0.2, 0.25) is 0 Å². The van der Waals surface area contributed by atoms with Crippen LogP contribution in [0.1, 0.15) is 42.1 Å². The van der Waals surface area contributed by atoms with E-state index < -0.39 is 5.97 Å². The fourth-order valence-corrected chi connectivity index (χ4v) is 3.65. The summed E-state index contributed by atoms with van der Waals surface area (Å²) in [6.45, 7) is 6.77. The molecule has 1 heterocycles. The Morgan fingerprint density at radius 3 is 2.88 bits per heavy atom. The van der Waals surface area contributed by atoms with Gasteiger partial charge in [0.05, 0.1) is 12.2 Å². The van der Waals surface area contributed by atoms with Gasteiger partial charge in [0.15, 0.2) is 0 Å². The molecule has 2 N–H and O–H groups in total. The van der Waals surface area contributed by atoms with Crippen LogP contribution in [-0.4, -0.2) is 54.9 Å². The van der Waals surface area contributed by atoms with Crippen molar-refractivity contribution in [2.45, 2.75) is 45.2 Å². The van der Waals surface area contributed by atoms with Crippen molar-refractivity contribution in [2.75, 3.05) is 32.1 Å². The number of nitrogens with zero attached hydrogens (tertiary/aromatic N) is 1. The third-order valence-electron chi connectivity index (χ3n) is 4.85. The van der Waals surface area contributed by atoms with Crippen LogP contribution in [0.25, 0.3) is 0 Å². The summed E-state index contributed by atoms with van der Waals surface area (Å²) in [6, 6.07) is 4.17. The average molecular weight is 355 g/mol. The highest BCUT2D eigenvalue weighted by atomic mass is 35.5. The van der Waals surface area contributed by atoms with Gasteiger partial charge in [-0.15, -0.1) is 0 Å². The van der Waals surface area contributed by atoms with Crippen LogP contribution in [0.3, 0.4) is 0 Å². The van der Waals surface area contributed by atoms with Crippen molar-refractivity contribution in [2.24, 2.45) is 0 Å². The number of nitrogens with one attached hydrogen (secondary N) is 1. The van der Waals surface area contributed by atoms with Crippen LogP contribution >= 0.6 is 11.6 Å². The van der Waals surface area contributed by atoms with Crippen molar-refractivity contribution in [3.8, 4) is 0 Å². The lowest BCUT2D eigenvalue weighted by Gasteiger charge is -2.39. The topological polar surface area (TPSA) is 61.8 Å². The molecule has 24 heavy (non-hydrogen) atoms. The Labute approximate surface area is 148 Å². The Hall–Kier alpha value is -1.30. The first-order valence-electron chi connectivity index (χ1n) is 8.49. The molecule has 2 atom stereocenters. The third kappa shape index (κ3) is 4.62. The highest BCUT2D eigenvalue weighted by Gasteiger charge is 2.27. The maximum Gasteiger partial charge on any atom is 0.336 e. The highest BCUT2D eigenvalue weighted by molar-refractivity contribution is 6.31. The minimum absolute atomic E-state index is 0.259. The van der Waals surface area contributed by atoms with E-state index in [-0.39, 0.29) is 5.56 Å². The molecule has 0 amide bonds. The van der Waals surface area contributed by atoms with Crippen LogP contribution in [0.2, 0.25) is 5.02 Å². The molecule has 0 aromatic heterocycles. The molecule has 1 aliphatic heterocycles. The van der Waals surface area contributed by atoms with E-state index >= 15 is 0 Å². The molecule has 1 aromatic rings. The van der Waals surface area contributed by atoms with Crippen LogP contribution in [-0.2, 0) is 4.74 Å². The molecule has 1 saturated heterocycles. The molecule has 0 bridgehead atoms. The van der Waals surface area contributed by atoms with E-state index in [4.69, 9.17) is 16.3 Å². The summed E-state index contributed by atoms with van der Waals surface area (Å²) in [5, 5.41) is 13.3. The molecule has 134 valence electrons. The van der Waals surface area contributed by atoms with Crippen molar-refractivity contribution in [3.63, 3.8) is 0 Å². The first kappa shape index (κ1) is 19.0. The van der Waals surface area contributed by atoms with E-state index in [1.54, 1.807) is 7.11 Å². The van der Waals surface area contributed by atoms with Gasteiger partial charge in [-0.1, -0.05) is 18.5 Å². The molecule has 0 aliphatic carbocycles. The zero-order valence-corrected chi connectivity index (χ0v) is 15.4. The number of hydrogen-bond donors (Lipinski definition) is 2. The van der Waals surface area contributed by atoms with Gasteiger partial charge in [-0.2, -0.15) is 0 Å². The van der Waals surface area contributed by atoms with Crippen molar-refractivity contribution < 1.29 is 14.6 Å². The normalized spacial score (nSPS) is 21.7. The standard InChI is InChI=1S/C18H27ClN2O3/c1-4-15-11-14(5-6-21(15)7-8-24-3)20-17-10-13(19)9-16(12(17)2)18(22)23/h9-10,14-15,20H,4-8,11H2,1-3H3,(H,22,23). The lowest BCUT2D eigenvalue weighted by atomic mass is 9.94. The van der Waals surface area contributed by atoms with Gasteiger partial charge in [0, 0.05) is 43.0 Å². The van der Waals surface area contributed by atoms with E-state index in [1.807, 2.05) is 13.0 Å². The molecule has 1 fully saturated rings. The number of methoxy groups -OCH3 is 1. The molecule has 5 nitrogen and oxygen atoms in total. The van der Waals surface area contributed by atoms with Gasteiger partial charge < -0.3 is 15.2 Å². The number of halogens is 1. The highest BCUT2D eigenvalue weighted by Crippen LogP contribution is 2.28. The van der Waals surface area contributed by atoms with Crippen molar-refractivity contribution in [3.05, 3.63) is 28.3 Å². The van der Waals surface area contributed by atoms with E-state index in [0.29, 0.717) is 17.1 Å². The lowest BCUT2D eigenvalue weighted by Crippen LogP contribution is -2.47. The fourth-order valence-electron chi connectivity index (χ4n) is 3.43. The van der Waals surface area contributed by atoms with E-state index in [1.165, 1.54) is 6.07 Å². The Morgan fingerprint density at radius 1 is 1.50 bits per heavy atom. The predicted octanol–water partition coefficient (Wildman–Crippen LogP) is 3.65. The first-order chi connectivity index (χ1) is 11.5. The summed E-state index contributed by atoms with van der Waals surface area (Å²) in [5.41, 5.74) is 1.82. The number of ether oxygens (including phenoxy) is 1. The number of carboxylic acid groups (broad SMARTS) is 1. The van der Waals surface area contributed by atoms with E-state index in [2.05, 4.69) is 17.1 Å². The van der Waals surface area contributed by atoms with E-state index in [0.717, 1.165) is 50.2 Å². The monoisotopic (exact) mass is 354 g/mol. The molecule has 6 heteroatoms. The molecule has 0 radical (unpaired) electrons. The fraction of sp³-hybridized carbons (Fsp3) is 0.611. The second kappa shape index (κ2) is 8.70. The SMILES string of the molecule is CCC1CC(Nc2cc(Cl)cc(C(=O)O)c2C)CCN1CCOC. The second-order valence-electron chi connectivity index (χ2n) is 6.39. The quantitative estimate of drug-likeness (QED) is 0.782. The molecule has 1 aliphatic rings. The number of rotatable bonds is 7. The average Bonchev–Trinajstić information content (AvgIpc) is 2.56. The Balaban J connectivity index is 2.08. The number of benzene rings is 1. The largest absolute Gasteiger partial charge is 0.478 e. The second-order valence-corrected chi connectivity index (χ2v) is 6.82. The van der Waals surface area contributed by atoms with Gasteiger partial charge in [-0.25, -0.2) is 4.79 Å². The summed E-state index contributed by atoms with van der Waals surface area (Å²) in [5.74, 6) is -0.945. The first-order valence-corrected chi connectivity index (χ1v) is 8.87. The van der Waals surface area contributed by atoms with Crippen LogP contribution < -0.4 is 5.32 Å². The van der Waals surface area contributed by atoms with Gasteiger partial charge in [-0.3, -0.25) is 4.90 Å². The van der Waals surface area contributed by atoms with Gasteiger partial charge in [-0.05, 0) is 43.9 Å². The summed E-state index contributed by atoms with van der Waals surface area (Å²) in [7, 11) is 1.73. The predicted molar refractivity (Wildman–Crippen MR) is 97.3 cm³/mol. The maximum atomic E-state index is 11.4. The van der Waals surface area contributed by atoms with Gasteiger partial charge in [0.25, 0.3) is 0 Å². The molecular weight excluding hydrogens is 328 g/mol. The number of anilines is 1. The third-order valence-corrected chi connectivity index (χ3v) is 5.07. The number of hydrogen-bond acceptors (Lipinski definition) is 4. The van der Waals surface area contributed by atoms with Crippen molar-refractivity contribution in [1.82, 2.24) is 4.90 Å². The smallest absolute Gasteiger partial charge is 0.336 e. The number of piperidine rings is 1. The molecule has 0 spiro atoms. The Bertz CT molecular complexity index is 580. The van der Waals surface area contributed by atoms with E-state index in [9.17, 15) is 9.90 Å². The summed E-state index contributed by atoms with van der Waals surface area (Å²) >= 11 is 6.09. The van der Waals surface area contributed by atoms with Crippen LogP contribution in [0.15, 0.2) is 12.1 Å². The molecule has 2 unspecified atom stereocenters.